The Balaban J connectivity index is 1.29. The van der Waals surface area contributed by atoms with Crippen molar-refractivity contribution in [1.29, 1.82) is 0 Å². The summed E-state index contributed by atoms with van der Waals surface area (Å²) >= 11 is 7.69. The fraction of sp³-hybridized carbons (Fsp3) is 0.0333. The summed E-state index contributed by atoms with van der Waals surface area (Å²) in [6, 6.07) is 32.0. The average Bonchev–Trinajstić information content (AvgIpc) is 3.31. The summed E-state index contributed by atoms with van der Waals surface area (Å²) < 4.78 is 18.0. The number of nitrogens with zero attached hydrogens (tertiary/aromatic N) is 1. The van der Waals surface area contributed by atoms with Crippen LogP contribution in [0.15, 0.2) is 114 Å². The summed E-state index contributed by atoms with van der Waals surface area (Å²) in [6.45, 7) is 0. The van der Waals surface area contributed by atoms with Crippen LogP contribution < -0.4 is 19.6 Å². The standard InChI is InChI=1S/C30H21ClN2O5S/c31-26-23-16-8-10-18-25(23)39-27(26)29(35)38-24-17-9-7-11-20(24)19-32-33-28(34)30(36-21-12-3-1-4-13-21)37-22-14-5-2-6-15-22/h1-19,30H,(H,33,34)/b32-19-. The maximum atomic E-state index is 12.9. The van der Waals surface area contributed by atoms with Gasteiger partial charge in [0.1, 0.15) is 22.1 Å². The Labute approximate surface area is 233 Å². The molecule has 0 aliphatic rings. The van der Waals surface area contributed by atoms with Crippen LogP contribution in [0.4, 0.5) is 0 Å². The molecule has 39 heavy (non-hydrogen) atoms. The number of fused-ring (bicyclic) bond motifs is 1. The van der Waals surface area contributed by atoms with Gasteiger partial charge < -0.3 is 14.2 Å². The van der Waals surface area contributed by atoms with E-state index in [4.69, 9.17) is 25.8 Å². The molecule has 0 saturated carbocycles. The van der Waals surface area contributed by atoms with Crippen molar-refractivity contribution in [3.05, 3.63) is 125 Å². The van der Waals surface area contributed by atoms with Gasteiger partial charge in [-0.05, 0) is 42.5 Å². The van der Waals surface area contributed by atoms with E-state index in [1.165, 1.54) is 17.6 Å². The van der Waals surface area contributed by atoms with Crippen LogP contribution >= 0.6 is 22.9 Å². The molecular formula is C30H21ClN2O5S. The van der Waals surface area contributed by atoms with Crippen molar-refractivity contribution in [2.24, 2.45) is 5.10 Å². The number of halogens is 1. The lowest BCUT2D eigenvalue weighted by molar-refractivity contribution is -0.140. The number of esters is 1. The summed E-state index contributed by atoms with van der Waals surface area (Å²) in [6.07, 6.45) is 0.0601. The molecule has 0 aliphatic carbocycles. The minimum atomic E-state index is -1.31. The Hall–Kier alpha value is -4.66. The van der Waals surface area contributed by atoms with Crippen molar-refractivity contribution in [3.63, 3.8) is 0 Å². The predicted molar refractivity (Wildman–Crippen MR) is 152 cm³/mol. The second-order valence-corrected chi connectivity index (χ2v) is 9.53. The number of amides is 1. The third-order valence-corrected chi connectivity index (χ3v) is 7.06. The number of carbonyl (C=O) groups is 2. The van der Waals surface area contributed by atoms with Crippen molar-refractivity contribution in [2.75, 3.05) is 0 Å². The molecule has 0 bridgehead atoms. The summed E-state index contributed by atoms with van der Waals surface area (Å²) in [5.74, 6) is -0.0553. The van der Waals surface area contributed by atoms with Crippen molar-refractivity contribution >= 4 is 51.1 Å². The second kappa shape index (κ2) is 12.3. The van der Waals surface area contributed by atoms with E-state index in [2.05, 4.69) is 10.5 Å². The van der Waals surface area contributed by atoms with Crippen LogP contribution in [-0.4, -0.2) is 24.4 Å². The maximum absolute atomic E-state index is 12.9. The lowest BCUT2D eigenvalue weighted by Gasteiger charge is -2.18. The van der Waals surface area contributed by atoms with Crippen LogP contribution in [0.2, 0.25) is 5.02 Å². The number of thiophene rings is 1. The summed E-state index contributed by atoms with van der Waals surface area (Å²) in [7, 11) is 0. The highest BCUT2D eigenvalue weighted by Gasteiger charge is 2.23. The van der Waals surface area contributed by atoms with E-state index in [1.54, 1.807) is 72.8 Å². The lowest BCUT2D eigenvalue weighted by atomic mass is 10.2. The molecule has 7 nitrogen and oxygen atoms in total. The zero-order valence-corrected chi connectivity index (χ0v) is 21.9. The average molecular weight is 557 g/mol. The first-order chi connectivity index (χ1) is 19.1. The van der Waals surface area contributed by atoms with Crippen LogP contribution in [-0.2, 0) is 4.79 Å². The SMILES string of the molecule is O=C(Oc1ccccc1/C=N\NC(=O)C(Oc1ccccc1)Oc1ccccc1)c1sc2ccccc2c1Cl. The number of hydrogen-bond donors (Lipinski definition) is 1. The number of carbonyl (C=O) groups excluding carboxylic acids is 2. The van der Waals surface area contributed by atoms with E-state index in [9.17, 15) is 9.59 Å². The summed E-state index contributed by atoms with van der Waals surface area (Å²) in [5.41, 5.74) is 2.90. The highest BCUT2D eigenvalue weighted by molar-refractivity contribution is 7.21. The molecule has 0 unspecified atom stereocenters. The van der Waals surface area contributed by atoms with Crippen molar-refractivity contribution in [1.82, 2.24) is 5.43 Å². The molecule has 0 fully saturated rings. The molecule has 0 saturated heterocycles. The smallest absolute Gasteiger partial charge is 0.355 e. The lowest BCUT2D eigenvalue weighted by Crippen LogP contribution is -2.40. The molecule has 194 valence electrons. The predicted octanol–water partition coefficient (Wildman–Crippen LogP) is 6.71. The van der Waals surface area contributed by atoms with E-state index < -0.39 is 18.2 Å². The number of benzene rings is 4. The number of ether oxygens (including phenoxy) is 3. The topological polar surface area (TPSA) is 86.2 Å². The number of rotatable bonds is 9. The molecule has 1 aromatic heterocycles. The van der Waals surface area contributed by atoms with E-state index in [0.717, 1.165) is 10.1 Å². The normalized spacial score (nSPS) is 11.0. The third-order valence-electron chi connectivity index (χ3n) is 5.41. The number of hydrogen-bond acceptors (Lipinski definition) is 7. The molecule has 0 atom stereocenters. The molecule has 4 aromatic carbocycles. The van der Waals surface area contributed by atoms with E-state index in [1.807, 2.05) is 36.4 Å². The molecule has 0 aliphatic heterocycles. The van der Waals surface area contributed by atoms with Crippen molar-refractivity contribution in [3.8, 4) is 17.2 Å². The monoisotopic (exact) mass is 556 g/mol. The Morgan fingerprint density at radius 3 is 2.05 bits per heavy atom. The summed E-state index contributed by atoms with van der Waals surface area (Å²) in [5, 5.41) is 5.18. The third kappa shape index (κ3) is 6.43. The van der Waals surface area contributed by atoms with Gasteiger partial charge in [-0.25, -0.2) is 10.2 Å². The molecule has 1 amide bonds. The highest BCUT2D eigenvalue weighted by Crippen LogP contribution is 2.36. The van der Waals surface area contributed by atoms with E-state index >= 15 is 0 Å². The second-order valence-electron chi connectivity index (χ2n) is 8.10. The van der Waals surface area contributed by atoms with Crippen LogP contribution in [0.25, 0.3) is 10.1 Å². The molecule has 9 heteroatoms. The summed E-state index contributed by atoms with van der Waals surface area (Å²) in [4.78, 5) is 26.2. The fourth-order valence-electron chi connectivity index (χ4n) is 3.57. The quantitative estimate of drug-likeness (QED) is 0.0717. The largest absolute Gasteiger partial charge is 0.446 e. The Kier molecular flexibility index (Phi) is 8.16. The number of hydrazone groups is 1. The first-order valence-electron chi connectivity index (χ1n) is 11.8. The zero-order valence-electron chi connectivity index (χ0n) is 20.3. The fourth-order valence-corrected chi connectivity index (χ4v) is 4.95. The number of nitrogens with one attached hydrogen (secondary N) is 1. The van der Waals surface area contributed by atoms with E-state index in [0.29, 0.717) is 27.0 Å². The highest BCUT2D eigenvalue weighted by atomic mass is 35.5. The first kappa shape index (κ1) is 26.0. The maximum Gasteiger partial charge on any atom is 0.355 e. The van der Waals surface area contributed by atoms with Gasteiger partial charge in [-0.3, -0.25) is 4.79 Å². The van der Waals surface area contributed by atoms with Gasteiger partial charge in [-0.1, -0.05) is 78.3 Å². The van der Waals surface area contributed by atoms with Gasteiger partial charge in [0, 0.05) is 15.6 Å². The van der Waals surface area contributed by atoms with Crippen molar-refractivity contribution < 1.29 is 23.8 Å². The van der Waals surface area contributed by atoms with Crippen LogP contribution in [0.3, 0.4) is 0 Å². The molecule has 0 radical (unpaired) electrons. The molecular weight excluding hydrogens is 536 g/mol. The molecule has 0 spiro atoms. The number of para-hydroxylation sites is 3. The van der Waals surface area contributed by atoms with Crippen molar-refractivity contribution in [2.45, 2.75) is 6.29 Å². The molecule has 1 heterocycles. The Morgan fingerprint density at radius 2 is 1.38 bits per heavy atom. The Bertz CT molecular complexity index is 1580. The van der Waals surface area contributed by atoms with Crippen LogP contribution in [0.5, 0.6) is 17.2 Å². The van der Waals surface area contributed by atoms with Gasteiger partial charge in [-0.2, -0.15) is 5.10 Å². The van der Waals surface area contributed by atoms with E-state index in [-0.39, 0.29) is 5.75 Å². The Morgan fingerprint density at radius 1 is 0.795 bits per heavy atom. The molecule has 1 N–H and O–H groups in total. The molecule has 5 aromatic rings. The van der Waals surface area contributed by atoms with Gasteiger partial charge in [0.2, 0.25) is 0 Å². The van der Waals surface area contributed by atoms with Gasteiger partial charge in [-0.15, -0.1) is 11.3 Å². The van der Waals surface area contributed by atoms with Gasteiger partial charge >= 0.3 is 18.2 Å². The van der Waals surface area contributed by atoms with Gasteiger partial charge in [0.05, 0.1) is 11.2 Å². The molecule has 5 rings (SSSR count). The first-order valence-corrected chi connectivity index (χ1v) is 13.0. The van der Waals surface area contributed by atoms with Crippen LogP contribution in [0.1, 0.15) is 15.2 Å². The van der Waals surface area contributed by atoms with Crippen LogP contribution in [0, 0.1) is 0 Å². The van der Waals surface area contributed by atoms with Gasteiger partial charge in [0.25, 0.3) is 0 Å². The van der Waals surface area contributed by atoms with Gasteiger partial charge in [0.15, 0.2) is 0 Å². The zero-order chi connectivity index (χ0) is 27.0. The minimum absolute atomic E-state index is 0.256. The minimum Gasteiger partial charge on any atom is -0.446 e.